The van der Waals surface area contributed by atoms with E-state index in [-0.39, 0.29) is 85.8 Å². The smallest absolute Gasteiger partial charge is 0.407 e. The first-order chi connectivity index (χ1) is 67.5. The monoisotopic (exact) mass is 2050 g/mol. The highest BCUT2D eigenvalue weighted by molar-refractivity contribution is 5.91. The van der Waals surface area contributed by atoms with Gasteiger partial charge in [0, 0.05) is 110 Å². The van der Waals surface area contributed by atoms with Crippen LogP contribution in [-0.4, -0.2) is 408 Å². The first-order valence-corrected chi connectivity index (χ1v) is 44.7. The minimum Gasteiger partial charge on any atom is -0.463 e. The van der Waals surface area contributed by atoms with Gasteiger partial charge in [-0.05, 0) is 26.3 Å². The molecule has 0 saturated carbocycles. The van der Waals surface area contributed by atoms with Gasteiger partial charge in [-0.25, -0.2) is 4.79 Å². The largest absolute Gasteiger partial charge is 0.463 e. The zero-order valence-electron chi connectivity index (χ0n) is 82.1. The molecule has 55 heteroatoms. The van der Waals surface area contributed by atoms with Gasteiger partial charge in [-0.1, -0.05) is 30.3 Å². The number of esters is 15. The highest BCUT2D eigenvalue weighted by atomic mass is 16.8. The Balaban J connectivity index is 1.17. The molecule has 0 aromatic heterocycles. The Hall–Kier alpha value is -12.6. The van der Waals surface area contributed by atoms with Crippen molar-refractivity contribution in [2.75, 3.05) is 145 Å². The van der Waals surface area contributed by atoms with Gasteiger partial charge in [0.15, 0.2) is 86.1 Å². The molecule has 0 bridgehead atoms. The van der Waals surface area contributed by atoms with Gasteiger partial charge in [-0.2, -0.15) is 0 Å². The number of amides is 6. The molecule has 4 fully saturated rings. The third-order valence-corrected chi connectivity index (χ3v) is 19.2. The minimum atomic E-state index is -1.97. The second-order valence-corrected chi connectivity index (χ2v) is 32.5. The first kappa shape index (κ1) is 121. The third-order valence-electron chi connectivity index (χ3n) is 19.2. The Morgan fingerprint density at radius 1 is 0.308 bits per heavy atom. The van der Waals surface area contributed by atoms with Crippen LogP contribution in [0.25, 0.3) is 0 Å². The number of nitrogens with one attached hydrogen (secondary N) is 4. The molecule has 1 aromatic rings. The molecule has 0 aliphatic carbocycles. The molecule has 5 rings (SSSR count). The van der Waals surface area contributed by atoms with Gasteiger partial charge in [0.2, 0.25) is 29.5 Å². The predicted octanol–water partition coefficient (Wildman–Crippen LogP) is -3.40. The maximum Gasteiger partial charge on any atom is 0.407 e. The van der Waals surface area contributed by atoms with E-state index in [1.807, 2.05) is 0 Å². The van der Waals surface area contributed by atoms with Gasteiger partial charge in [-0.15, -0.1) is 0 Å². The lowest BCUT2D eigenvalue weighted by Gasteiger charge is -2.48. The highest BCUT2D eigenvalue weighted by Crippen LogP contribution is 2.38. The van der Waals surface area contributed by atoms with Crippen molar-refractivity contribution < 1.29 is 233 Å². The van der Waals surface area contributed by atoms with Crippen LogP contribution < -0.4 is 21.3 Å². The molecule has 1 aromatic carbocycles. The van der Waals surface area contributed by atoms with Crippen LogP contribution >= 0.6 is 0 Å². The molecule has 802 valence electrons. The van der Waals surface area contributed by atoms with E-state index in [2.05, 4.69) is 21.3 Å². The summed E-state index contributed by atoms with van der Waals surface area (Å²) in [6, 6.07) is 8.58. The van der Waals surface area contributed by atoms with Crippen molar-refractivity contribution in [1.82, 2.24) is 31.1 Å². The number of benzene rings is 1. The second kappa shape index (κ2) is 62.1. The van der Waals surface area contributed by atoms with Crippen molar-refractivity contribution in [1.29, 1.82) is 0 Å². The van der Waals surface area contributed by atoms with Gasteiger partial charge in [0.25, 0.3) is 0 Å². The molecule has 0 radical (unpaired) electrons. The van der Waals surface area contributed by atoms with Crippen LogP contribution in [0.4, 0.5) is 4.79 Å². The van der Waals surface area contributed by atoms with E-state index < -0.39 is 319 Å². The number of ether oxygens (including phenoxy) is 28. The zero-order valence-corrected chi connectivity index (χ0v) is 82.1. The molecular weight excluding hydrogens is 1920 g/mol. The summed E-state index contributed by atoms with van der Waals surface area (Å²) in [5, 5.41) is 9.68. The standard InChI is InChI=1S/C88H126N6O49/c1-46(95)122-40-61-73(141-85-81(135-58(13)107)77(131-54(9)103)71(127-50(5)99)63(139-85)42-124-48(3)97)75(129-52(7)101)79(133-56(11)105)83(137-61)91-66(110)44-120-33-31-118-29-27-116-25-23-93(69(113)36-90-87(115)126-39-60-21-19-18-20-22-60)37-65(109)89-35-68(112)94(38-70(114)143-88(15,16)17)24-26-117-28-30-119-32-34-121-45-67(111)92-84-80(134-57(12)106)76(130-53(8)102)74(62(138-84)41-123-47(2)96)142-86-82(136-59(14)108)78(132-55(10)104)72(128-51(6)100)64(140-86)43-125-49(4)98/h18-22,61-64,71-86H,23-45H2,1-17H3,(H,89,109)(H,90,115)(H,91,110)(H,92,111)/t61-,62-,63-,64-,71+,72+,73-,74-,75+,76+,77+,78+,79-,80-,81-,82-,83-,84-,85+,86+/m1/s1. The number of alkyl carbamates (subject to hydrolysis) is 1. The fourth-order valence-corrected chi connectivity index (χ4v) is 13.9. The Kier molecular flexibility index (Phi) is 52.5. The summed E-state index contributed by atoms with van der Waals surface area (Å²) in [5.74, 6) is -18.7. The van der Waals surface area contributed by atoms with Crippen molar-refractivity contribution >= 4 is 125 Å². The SMILES string of the molecule is CC(=O)OC[C@H]1O[C@@H](O[C@H]2[C@H](OC(C)=O)[C@@H](OC(C)=O)[C@H](NC(=O)COCCOCCOCCN(CC(=O)NCC(=O)N(CCOCCOCCOCC(=O)N[C@@H]3O[C@H](COC(C)=O)[C@@H](O[C@@H]4O[C@H](COC(C)=O)[C@H](OC(C)=O)[C@H](OC(C)=O)[C@H]4OC(C)=O)[C@H](OC(C)=O)[C@H]3OC(C)=O)CC(=O)OC(C)(C)C)C(=O)CNC(=O)OCc3ccccc3)O[C@@H]2COC(C)=O)[C@H](OC(C)=O)[C@@H](OC(C)=O)[C@H]1OC(C)=O. The van der Waals surface area contributed by atoms with E-state index in [1.165, 1.54) is 0 Å². The Morgan fingerprint density at radius 3 is 0.937 bits per heavy atom. The van der Waals surface area contributed by atoms with E-state index in [1.54, 1.807) is 51.1 Å². The Morgan fingerprint density at radius 2 is 0.601 bits per heavy atom. The lowest BCUT2D eigenvalue weighted by molar-refractivity contribution is -0.345. The van der Waals surface area contributed by atoms with Gasteiger partial charge in [-0.3, -0.25) is 95.9 Å². The van der Waals surface area contributed by atoms with Crippen LogP contribution in [0.1, 0.15) is 123 Å². The summed E-state index contributed by atoms with van der Waals surface area (Å²) >= 11 is 0. The predicted molar refractivity (Wildman–Crippen MR) is 464 cm³/mol. The Labute approximate surface area is 820 Å². The molecule has 0 unspecified atom stereocenters. The summed E-state index contributed by atoms with van der Waals surface area (Å²) in [7, 11) is 0. The molecule has 143 heavy (non-hydrogen) atoms. The van der Waals surface area contributed by atoms with Gasteiger partial charge in [0.05, 0.1) is 79.2 Å². The van der Waals surface area contributed by atoms with E-state index in [9.17, 15) is 101 Å². The van der Waals surface area contributed by atoms with Crippen molar-refractivity contribution in [3.8, 4) is 0 Å². The average molecular weight is 2050 g/mol. The molecule has 55 nitrogen and oxygen atoms in total. The number of carbonyl (C=O) groups is 21. The fraction of sp³-hybridized carbons (Fsp3) is 0.693. The van der Waals surface area contributed by atoms with E-state index in [0.717, 1.165) is 107 Å². The maximum atomic E-state index is 13.9. The molecule has 20 atom stereocenters. The molecule has 4 heterocycles. The average Bonchev–Trinajstić information content (AvgIpc) is 0.765. The van der Waals surface area contributed by atoms with Crippen molar-refractivity contribution in [3.05, 3.63) is 35.9 Å². The lowest BCUT2D eigenvalue weighted by Crippen LogP contribution is -2.69. The molecule has 0 spiro atoms. The number of nitrogens with zero attached hydrogens (tertiary/aromatic N) is 2. The molecular formula is C88H126N6O49. The van der Waals surface area contributed by atoms with Crippen molar-refractivity contribution in [3.63, 3.8) is 0 Å². The summed E-state index contributed by atoms with van der Waals surface area (Å²) in [5.41, 5.74) is -0.363. The van der Waals surface area contributed by atoms with Crippen molar-refractivity contribution in [2.24, 2.45) is 0 Å². The van der Waals surface area contributed by atoms with Crippen molar-refractivity contribution in [2.45, 2.75) is 253 Å². The van der Waals surface area contributed by atoms with Crippen LogP contribution in [0.2, 0.25) is 0 Å². The summed E-state index contributed by atoms with van der Waals surface area (Å²) in [4.78, 5) is 272. The van der Waals surface area contributed by atoms with Crippen LogP contribution in [0, 0.1) is 0 Å². The fourth-order valence-electron chi connectivity index (χ4n) is 13.9. The Bertz CT molecular complexity index is 4440. The molecule has 4 aliphatic rings. The van der Waals surface area contributed by atoms with Crippen LogP contribution in [0.3, 0.4) is 0 Å². The maximum absolute atomic E-state index is 13.9. The normalized spacial score (nSPS) is 23.8. The van der Waals surface area contributed by atoms with E-state index in [0.29, 0.717) is 5.56 Å². The van der Waals surface area contributed by atoms with Gasteiger partial charge < -0.3 is 164 Å². The quantitative estimate of drug-likeness (QED) is 0.0281. The van der Waals surface area contributed by atoms with Crippen LogP contribution in [0.5, 0.6) is 0 Å². The second-order valence-electron chi connectivity index (χ2n) is 32.5. The topological polar surface area (TPSA) is 672 Å². The number of carbonyl (C=O) groups excluding carboxylic acids is 21. The lowest BCUT2D eigenvalue weighted by atomic mass is 9.95. The summed E-state index contributed by atoms with van der Waals surface area (Å²) < 4.78 is 158. The van der Waals surface area contributed by atoms with Gasteiger partial charge in [0.1, 0.15) is 102 Å². The number of rotatable bonds is 56. The van der Waals surface area contributed by atoms with Gasteiger partial charge >= 0.3 is 95.6 Å². The number of hydrogen-bond acceptors (Lipinski definition) is 49. The number of hydrogen-bond donors (Lipinski definition) is 4. The first-order valence-electron chi connectivity index (χ1n) is 44.7. The van der Waals surface area contributed by atoms with Crippen LogP contribution in [-0.2, 0) is 235 Å². The summed E-state index contributed by atoms with van der Waals surface area (Å²) in [6.07, 6.45) is -36.3. The van der Waals surface area contributed by atoms with Crippen LogP contribution in [0.15, 0.2) is 30.3 Å². The molecule has 4 aliphatic heterocycles. The third kappa shape index (κ3) is 46.1. The minimum absolute atomic E-state index is 0.0988. The van der Waals surface area contributed by atoms with E-state index in [4.69, 9.17) is 133 Å². The molecule has 4 N–H and O–H groups in total. The summed E-state index contributed by atoms with van der Waals surface area (Å²) in [6.45, 7) is 9.10. The van der Waals surface area contributed by atoms with E-state index >= 15 is 0 Å². The highest BCUT2D eigenvalue weighted by Gasteiger charge is 2.61. The molecule has 6 amide bonds. The zero-order chi connectivity index (χ0) is 106. The molecule has 4 saturated heterocycles.